The fraction of sp³-hybridized carbons (Fsp3) is 0.200. The molecule has 0 aliphatic rings. The molecular weight excluding hydrogens is 282 g/mol. The van der Waals surface area contributed by atoms with Crippen LogP contribution in [-0.2, 0) is 16.0 Å². The first-order valence-corrected chi connectivity index (χ1v) is 6.83. The van der Waals surface area contributed by atoms with E-state index < -0.39 is 0 Å². The van der Waals surface area contributed by atoms with Gasteiger partial charge in [0.05, 0.1) is 12.3 Å². The van der Waals surface area contributed by atoms with Crippen LogP contribution < -0.4 is 5.73 Å². The highest BCUT2D eigenvalue weighted by atomic mass is 16.5. The third-order valence-corrected chi connectivity index (χ3v) is 3.25. The number of carbonyl (C=O) groups excluding carboxylic acids is 1. The van der Waals surface area contributed by atoms with Gasteiger partial charge in [-0.15, -0.1) is 0 Å². The van der Waals surface area contributed by atoms with Gasteiger partial charge in [-0.1, -0.05) is 30.3 Å². The van der Waals surface area contributed by atoms with Gasteiger partial charge in [-0.05, 0) is 0 Å². The molecule has 0 amide bonds. The van der Waals surface area contributed by atoms with Crippen molar-refractivity contribution in [2.75, 3.05) is 12.3 Å². The number of nitrogens with zero attached hydrogens (tertiary/aromatic N) is 4. The Kier molecular flexibility index (Phi) is 3.69. The zero-order chi connectivity index (χ0) is 15.5. The molecule has 2 N–H and O–H groups in total. The number of ether oxygens (including phenoxy) is 1. The maximum atomic E-state index is 11.0. The van der Waals surface area contributed by atoms with Crippen LogP contribution in [0.25, 0.3) is 16.9 Å². The number of nitrogen functional groups attached to an aromatic ring is 1. The summed E-state index contributed by atoms with van der Waals surface area (Å²) in [7, 11) is 0. The average Bonchev–Trinajstić information content (AvgIpc) is 3.00. The Bertz CT molecular complexity index is 813. The third kappa shape index (κ3) is 2.60. The van der Waals surface area contributed by atoms with Crippen LogP contribution in [-0.4, -0.2) is 32.2 Å². The molecule has 0 radical (unpaired) electrons. The van der Waals surface area contributed by atoms with Crippen molar-refractivity contribution in [1.29, 1.82) is 0 Å². The lowest BCUT2D eigenvalue weighted by molar-refractivity contribution is -0.140. The van der Waals surface area contributed by atoms with Gasteiger partial charge in [0.15, 0.2) is 5.65 Å². The SMILES string of the molecule is CC(=O)OCCc1c(-c2ccccc2)nc(N)n2ncnc12. The second kappa shape index (κ2) is 5.80. The highest BCUT2D eigenvalue weighted by Crippen LogP contribution is 2.26. The van der Waals surface area contributed by atoms with Crippen LogP contribution in [0, 0.1) is 0 Å². The molecule has 0 saturated carbocycles. The lowest BCUT2D eigenvalue weighted by Gasteiger charge is -2.11. The van der Waals surface area contributed by atoms with E-state index in [4.69, 9.17) is 10.5 Å². The predicted octanol–water partition coefficient (Wildman–Crippen LogP) is 1.48. The Morgan fingerprint density at radius 3 is 2.82 bits per heavy atom. The highest BCUT2D eigenvalue weighted by molar-refractivity contribution is 5.71. The van der Waals surface area contributed by atoms with Gasteiger partial charge >= 0.3 is 5.97 Å². The van der Waals surface area contributed by atoms with E-state index in [0.29, 0.717) is 12.1 Å². The van der Waals surface area contributed by atoms with Crippen molar-refractivity contribution in [3.8, 4) is 11.3 Å². The lowest BCUT2D eigenvalue weighted by Crippen LogP contribution is -2.10. The zero-order valence-corrected chi connectivity index (χ0v) is 12.1. The minimum atomic E-state index is -0.317. The standard InChI is InChI=1S/C15H15N5O2/c1-10(21)22-8-7-12-13(11-5-3-2-4-6-11)19-15(16)20-14(12)17-9-18-20/h2-6,9H,7-8H2,1H3,(H2,16,19). The Morgan fingerprint density at radius 2 is 2.09 bits per heavy atom. The smallest absolute Gasteiger partial charge is 0.302 e. The van der Waals surface area contributed by atoms with Gasteiger partial charge < -0.3 is 10.5 Å². The molecule has 0 atom stereocenters. The van der Waals surface area contributed by atoms with Gasteiger partial charge in [-0.25, -0.2) is 9.97 Å². The molecule has 0 aliphatic heterocycles. The number of esters is 1. The third-order valence-electron chi connectivity index (χ3n) is 3.25. The Morgan fingerprint density at radius 1 is 1.32 bits per heavy atom. The molecule has 0 unspecified atom stereocenters. The summed E-state index contributed by atoms with van der Waals surface area (Å²) >= 11 is 0. The van der Waals surface area contributed by atoms with Crippen LogP contribution in [0.1, 0.15) is 12.5 Å². The van der Waals surface area contributed by atoms with Gasteiger partial charge in [0, 0.05) is 24.5 Å². The molecule has 0 bridgehead atoms. The minimum absolute atomic E-state index is 0.253. The summed E-state index contributed by atoms with van der Waals surface area (Å²) in [5, 5.41) is 4.07. The number of anilines is 1. The van der Waals surface area contributed by atoms with Crippen molar-refractivity contribution in [3.63, 3.8) is 0 Å². The van der Waals surface area contributed by atoms with E-state index in [2.05, 4.69) is 15.1 Å². The number of benzene rings is 1. The van der Waals surface area contributed by atoms with E-state index in [1.165, 1.54) is 17.8 Å². The minimum Gasteiger partial charge on any atom is -0.466 e. The van der Waals surface area contributed by atoms with E-state index in [0.717, 1.165) is 16.8 Å². The predicted molar refractivity (Wildman–Crippen MR) is 81.0 cm³/mol. The maximum Gasteiger partial charge on any atom is 0.302 e. The average molecular weight is 297 g/mol. The molecule has 0 spiro atoms. The summed E-state index contributed by atoms with van der Waals surface area (Å²) in [6.45, 7) is 1.63. The monoisotopic (exact) mass is 297 g/mol. The molecule has 7 heteroatoms. The summed E-state index contributed by atoms with van der Waals surface area (Å²) in [4.78, 5) is 19.7. The van der Waals surface area contributed by atoms with Gasteiger partial charge in [0.2, 0.25) is 5.95 Å². The van der Waals surface area contributed by atoms with E-state index in [1.54, 1.807) is 0 Å². The van der Waals surface area contributed by atoms with Crippen molar-refractivity contribution in [3.05, 3.63) is 42.2 Å². The number of fused-ring (bicyclic) bond motifs is 1. The summed E-state index contributed by atoms with van der Waals surface area (Å²) in [6.07, 6.45) is 1.91. The van der Waals surface area contributed by atoms with Crippen LogP contribution in [0.5, 0.6) is 0 Å². The van der Waals surface area contributed by atoms with E-state index in [9.17, 15) is 4.79 Å². The fourth-order valence-electron chi connectivity index (χ4n) is 2.31. The topological polar surface area (TPSA) is 95.4 Å². The molecule has 112 valence electrons. The largest absolute Gasteiger partial charge is 0.466 e. The molecule has 7 nitrogen and oxygen atoms in total. The highest BCUT2D eigenvalue weighted by Gasteiger charge is 2.16. The summed E-state index contributed by atoms with van der Waals surface area (Å²) in [6, 6.07) is 9.68. The number of hydrogen-bond donors (Lipinski definition) is 1. The van der Waals surface area contributed by atoms with Crippen molar-refractivity contribution < 1.29 is 9.53 Å². The summed E-state index contributed by atoms with van der Waals surface area (Å²) in [5.74, 6) is -0.0512. The lowest BCUT2D eigenvalue weighted by atomic mass is 10.0. The molecule has 0 fully saturated rings. The Hall–Kier alpha value is -2.96. The Labute approximate surface area is 126 Å². The second-order valence-electron chi connectivity index (χ2n) is 4.75. The molecule has 2 aromatic heterocycles. The number of nitrogens with two attached hydrogens (primary N) is 1. The van der Waals surface area contributed by atoms with Gasteiger partial charge in [0.25, 0.3) is 0 Å². The molecule has 0 aliphatic carbocycles. The van der Waals surface area contributed by atoms with Gasteiger partial charge in [-0.3, -0.25) is 4.79 Å². The van der Waals surface area contributed by atoms with Crippen LogP contribution in [0.2, 0.25) is 0 Å². The molecule has 3 rings (SSSR count). The van der Waals surface area contributed by atoms with E-state index in [-0.39, 0.29) is 18.5 Å². The number of hydrogen-bond acceptors (Lipinski definition) is 6. The molecule has 0 saturated heterocycles. The number of rotatable bonds is 4. The number of aromatic nitrogens is 4. The van der Waals surface area contributed by atoms with Crippen molar-refractivity contribution in [2.24, 2.45) is 0 Å². The van der Waals surface area contributed by atoms with Crippen LogP contribution in [0.3, 0.4) is 0 Å². The van der Waals surface area contributed by atoms with Crippen molar-refractivity contribution in [1.82, 2.24) is 19.6 Å². The zero-order valence-electron chi connectivity index (χ0n) is 12.1. The quantitative estimate of drug-likeness (QED) is 0.733. The van der Waals surface area contributed by atoms with Crippen LogP contribution >= 0.6 is 0 Å². The van der Waals surface area contributed by atoms with E-state index in [1.807, 2.05) is 30.3 Å². The van der Waals surface area contributed by atoms with Gasteiger partial charge in [0.1, 0.15) is 6.33 Å². The molecule has 1 aromatic carbocycles. The van der Waals surface area contributed by atoms with Crippen molar-refractivity contribution in [2.45, 2.75) is 13.3 Å². The first-order chi connectivity index (χ1) is 10.7. The molecule has 2 heterocycles. The maximum absolute atomic E-state index is 11.0. The second-order valence-corrected chi connectivity index (χ2v) is 4.75. The normalized spacial score (nSPS) is 10.8. The number of carbonyl (C=O) groups is 1. The Balaban J connectivity index is 2.11. The van der Waals surface area contributed by atoms with Crippen molar-refractivity contribution >= 4 is 17.6 Å². The van der Waals surface area contributed by atoms with Crippen LogP contribution in [0.15, 0.2) is 36.7 Å². The molecular formula is C15H15N5O2. The van der Waals surface area contributed by atoms with Crippen LogP contribution in [0.4, 0.5) is 5.95 Å². The first kappa shape index (κ1) is 14.0. The van der Waals surface area contributed by atoms with E-state index >= 15 is 0 Å². The summed E-state index contributed by atoms with van der Waals surface area (Å²) < 4.78 is 6.52. The fourth-order valence-corrected chi connectivity index (χ4v) is 2.31. The first-order valence-electron chi connectivity index (χ1n) is 6.83. The molecule has 3 aromatic rings. The van der Waals surface area contributed by atoms with Gasteiger partial charge in [-0.2, -0.15) is 9.61 Å². The molecule has 22 heavy (non-hydrogen) atoms. The summed E-state index contributed by atoms with van der Waals surface area (Å²) in [5.41, 5.74) is 9.07.